The van der Waals surface area contributed by atoms with E-state index in [9.17, 15) is 9.59 Å². The van der Waals surface area contributed by atoms with Crippen molar-refractivity contribution in [3.05, 3.63) is 42.1 Å². The molecule has 0 spiro atoms. The molecule has 7 heteroatoms. The number of esters is 1. The second-order valence-electron chi connectivity index (χ2n) is 5.98. The molecule has 1 aliphatic heterocycles. The van der Waals surface area contributed by atoms with Crippen LogP contribution in [0.1, 0.15) is 18.5 Å². The van der Waals surface area contributed by atoms with Gasteiger partial charge in [-0.1, -0.05) is 23.4 Å². The van der Waals surface area contributed by atoms with E-state index in [0.717, 1.165) is 11.0 Å². The van der Waals surface area contributed by atoms with Crippen LogP contribution in [0, 0.1) is 5.92 Å². The molecule has 1 N–H and O–H groups in total. The van der Waals surface area contributed by atoms with Gasteiger partial charge in [-0.05, 0) is 18.6 Å². The predicted molar refractivity (Wildman–Crippen MR) is 87.2 cm³/mol. The maximum absolute atomic E-state index is 12.0. The molecule has 1 atom stereocenters. The van der Waals surface area contributed by atoms with Gasteiger partial charge >= 0.3 is 5.97 Å². The molecule has 1 saturated heterocycles. The minimum absolute atomic E-state index is 0.0208. The summed E-state index contributed by atoms with van der Waals surface area (Å²) in [6.45, 7) is 0.341. The molecule has 1 unspecified atom stereocenters. The number of hydrogen-bond donors (Lipinski definition) is 1. The third-order valence-electron chi connectivity index (χ3n) is 4.19. The van der Waals surface area contributed by atoms with Crippen LogP contribution in [0.4, 0.5) is 0 Å². The SMILES string of the molecule is O=C1CCC(C(=O)OCc2cc(-c3cc4ccccc4o3)on2)CN1. The molecule has 0 bridgehead atoms. The van der Waals surface area contributed by atoms with Crippen molar-refractivity contribution >= 4 is 22.8 Å². The standard InChI is InChI=1S/C18H16N2O5/c21-17-6-5-12(9-19-17)18(22)23-10-13-8-16(25-20-13)15-7-11-3-1-2-4-14(11)24-15/h1-4,7-8,12H,5-6,9-10H2,(H,19,21). The van der Waals surface area contributed by atoms with E-state index in [4.69, 9.17) is 13.7 Å². The van der Waals surface area contributed by atoms with E-state index in [0.29, 0.717) is 36.6 Å². The molecule has 3 heterocycles. The molecule has 128 valence electrons. The van der Waals surface area contributed by atoms with Crippen molar-refractivity contribution in [1.29, 1.82) is 0 Å². The highest BCUT2D eigenvalue weighted by Crippen LogP contribution is 2.28. The highest BCUT2D eigenvalue weighted by atomic mass is 16.5. The summed E-state index contributed by atoms with van der Waals surface area (Å²) in [5.41, 5.74) is 1.27. The number of nitrogens with zero attached hydrogens (tertiary/aromatic N) is 1. The largest absolute Gasteiger partial charge is 0.459 e. The van der Waals surface area contributed by atoms with Gasteiger partial charge in [-0.25, -0.2) is 0 Å². The first-order chi connectivity index (χ1) is 12.2. The first-order valence-electron chi connectivity index (χ1n) is 8.07. The molecule has 25 heavy (non-hydrogen) atoms. The summed E-state index contributed by atoms with van der Waals surface area (Å²) in [5, 5.41) is 7.55. The number of piperidine rings is 1. The monoisotopic (exact) mass is 340 g/mol. The van der Waals surface area contributed by atoms with Gasteiger partial charge in [0.1, 0.15) is 17.9 Å². The summed E-state index contributed by atoms with van der Waals surface area (Å²) in [7, 11) is 0. The lowest BCUT2D eigenvalue weighted by Gasteiger charge is -2.20. The maximum Gasteiger partial charge on any atom is 0.311 e. The molecule has 0 saturated carbocycles. The number of aromatic nitrogens is 1. The molecular weight excluding hydrogens is 324 g/mol. The lowest BCUT2D eigenvalue weighted by atomic mass is 10.00. The average molecular weight is 340 g/mol. The minimum Gasteiger partial charge on any atom is -0.459 e. The van der Waals surface area contributed by atoms with Crippen molar-refractivity contribution in [3.8, 4) is 11.5 Å². The van der Waals surface area contributed by atoms with Crippen LogP contribution >= 0.6 is 0 Å². The van der Waals surface area contributed by atoms with Gasteiger partial charge in [-0.3, -0.25) is 9.59 Å². The van der Waals surface area contributed by atoms with Crippen molar-refractivity contribution < 1.29 is 23.3 Å². The van der Waals surface area contributed by atoms with Crippen LogP contribution in [0.5, 0.6) is 0 Å². The molecule has 4 rings (SSSR count). The van der Waals surface area contributed by atoms with E-state index < -0.39 is 0 Å². The normalized spacial score (nSPS) is 17.4. The van der Waals surface area contributed by atoms with Gasteiger partial charge in [0.15, 0.2) is 5.76 Å². The van der Waals surface area contributed by atoms with Crippen LogP contribution in [0.3, 0.4) is 0 Å². The third-order valence-corrected chi connectivity index (χ3v) is 4.19. The van der Waals surface area contributed by atoms with Gasteiger partial charge in [0.2, 0.25) is 11.7 Å². The number of fused-ring (bicyclic) bond motifs is 1. The van der Waals surface area contributed by atoms with Crippen molar-refractivity contribution in [1.82, 2.24) is 10.5 Å². The second-order valence-corrected chi connectivity index (χ2v) is 5.98. The highest BCUT2D eigenvalue weighted by molar-refractivity contribution is 5.82. The third kappa shape index (κ3) is 3.26. The van der Waals surface area contributed by atoms with Crippen molar-refractivity contribution in [2.75, 3.05) is 6.54 Å². The molecule has 1 amide bonds. The molecule has 3 aromatic rings. The van der Waals surface area contributed by atoms with Crippen LogP contribution in [0.2, 0.25) is 0 Å². The smallest absolute Gasteiger partial charge is 0.311 e. The Hall–Kier alpha value is -3.09. The molecule has 1 fully saturated rings. The summed E-state index contributed by atoms with van der Waals surface area (Å²) in [5.74, 6) is 0.372. The van der Waals surface area contributed by atoms with E-state index in [1.165, 1.54) is 0 Å². The van der Waals surface area contributed by atoms with E-state index in [1.54, 1.807) is 6.07 Å². The Labute approximate surface area is 142 Å². The van der Waals surface area contributed by atoms with Gasteiger partial charge in [0.25, 0.3) is 0 Å². The van der Waals surface area contributed by atoms with Gasteiger partial charge in [-0.15, -0.1) is 0 Å². The van der Waals surface area contributed by atoms with Crippen molar-refractivity contribution in [3.63, 3.8) is 0 Å². The number of nitrogens with one attached hydrogen (secondary N) is 1. The summed E-state index contributed by atoms with van der Waals surface area (Å²) in [6, 6.07) is 11.2. The lowest BCUT2D eigenvalue weighted by Crippen LogP contribution is -2.39. The van der Waals surface area contributed by atoms with Crippen LogP contribution in [-0.2, 0) is 20.9 Å². The quantitative estimate of drug-likeness (QED) is 0.734. The minimum atomic E-state index is -0.340. The lowest BCUT2D eigenvalue weighted by molar-refractivity contribution is -0.151. The van der Waals surface area contributed by atoms with Crippen molar-refractivity contribution in [2.24, 2.45) is 5.92 Å². The maximum atomic E-state index is 12.0. The van der Waals surface area contributed by atoms with Gasteiger partial charge < -0.3 is 19.0 Å². The Bertz CT molecular complexity index is 883. The molecule has 1 aromatic carbocycles. The summed E-state index contributed by atoms with van der Waals surface area (Å²) >= 11 is 0. The summed E-state index contributed by atoms with van der Waals surface area (Å²) in [6.07, 6.45) is 0.855. The number of benzene rings is 1. The second kappa shape index (κ2) is 6.43. The number of hydrogen-bond acceptors (Lipinski definition) is 6. The van der Waals surface area contributed by atoms with Crippen LogP contribution < -0.4 is 5.32 Å². The zero-order valence-electron chi connectivity index (χ0n) is 13.4. The number of rotatable bonds is 4. The van der Waals surface area contributed by atoms with Crippen LogP contribution in [-0.4, -0.2) is 23.6 Å². The van der Waals surface area contributed by atoms with E-state index in [1.807, 2.05) is 30.3 Å². The highest BCUT2D eigenvalue weighted by Gasteiger charge is 2.26. The Morgan fingerprint density at radius 1 is 1.28 bits per heavy atom. The molecular formula is C18H16N2O5. The number of furan rings is 1. The fourth-order valence-electron chi connectivity index (χ4n) is 2.80. The average Bonchev–Trinajstić information content (AvgIpc) is 3.26. The number of carbonyl (C=O) groups is 2. The van der Waals surface area contributed by atoms with Crippen LogP contribution in [0.25, 0.3) is 22.5 Å². The Kier molecular flexibility index (Phi) is 3.97. The fraction of sp³-hybridized carbons (Fsp3) is 0.278. The number of carbonyl (C=O) groups excluding carboxylic acids is 2. The fourth-order valence-corrected chi connectivity index (χ4v) is 2.80. The van der Waals surface area contributed by atoms with Crippen LogP contribution in [0.15, 0.2) is 45.3 Å². The van der Waals surface area contributed by atoms with Gasteiger partial charge in [0, 0.05) is 24.4 Å². The van der Waals surface area contributed by atoms with Crippen molar-refractivity contribution in [2.45, 2.75) is 19.4 Å². The Morgan fingerprint density at radius 3 is 2.96 bits per heavy atom. The summed E-state index contributed by atoms with van der Waals surface area (Å²) < 4.78 is 16.3. The van der Waals surface area contributed by atoms with E-state index in [2.05, 4.69) is 10.5 Å². The summed E-state index contributed by atoms with van der Waals surface area (Å²) in [4.78, 5) is 23.1. The molecule has 0 radical (unpaired) electrons. The van der Waals surface area contributed by atoms with Gasteiger partial charge in [0.05, 0.1) is 5.92 Å². The molecule has 0 aliphatic carbocycles. The number of amides is 1. The predicted octanol–water partition coefficient (Wildman–Crippen LogP) is 2.66. The zero-order valence-corrected chi connectivity index (χ0v) is 13.4. The number of para-hydroxylation sites is 1. The zero-order chi connectivity index (χ0) is 17.2. The molecule has 1 aliphatic rings. The number of ether oxygens (including phenoxy) is 1. The first-order valence-corrected chi connectivity index (χ1v) is 8.07. The Balaban J connectivity index is 1.39. The van der Waals surface area contributed by atoms with Gasteiger partial charge in [-0.2, -0.15) is 0 Å². The van der Waals surface area contributed by atoms with E-state index >= 15 is 0 Å². The van der Waals surface area contributed by atoms with E-state index in [-0.39, 0.29) is 24.4 Å². The Morgan fingerprint density at radius 2 is 2.16 bits per heavy atom. The first kappa shape index (κ1) is 15.4. The molecule has 7 nitrogen and oxygen atoms in total. The topological polar surface area (TPSA) is 94.6 Å². The molecule has 2 aromatic heterocycles.